The van der Waals surface area contributed by atoms with E-state index in [4.69, 9.17) is 0 Å². The molecule has 1 amide bonds. The van der Waals surface area contributed by atoms with Crippen molar-refractivity contribution in [3.8, 4) is 0 Å². The molecule has 0 aromatic carbocycles. The SMILES string of the molecule is CCCc1ncncc1C(=O)N1CCC(F)(F)CC1. The highest BCUT2D eigenvalue weighted by atomic mass is 19.3. The van der Waals surface area contributed by atoms with Gasteiger partial charge in [-0.05, 0) is 6.42 Å². The standard InChI is InChI=1S/C13H17F2N3O/c1-2-3-11-10(8-16-9-17-11)12(19)18-6-4-13(14,15)5-7-18/h8-9H,2-7H2,1H3. The molecule has 1 aromatic heterocycles. The molecule has 0 N–H and O–H groups in total. The normalized spacial score (nSPS) is 18.4. The number of rotatable bonds is 3. The van der Waals surface area contributed by atoms with Crippen molar-refractivity contribution < 1.29 is 13.6 Å². The van der Waals surface area contributed by atoms with Gasteiger partial charge >= 0.3 is 0 Å². The van der Waals surface area contributed by atoms with Gasteiger partial charge in [0.15, 0.2) is 0 Å². The molecular formula is C13H17F2N3O. The lowest BCUT2D eigenvalue weighted by Gasteiger charge is -2.32. The van der Waals surface area contributed by atoms with E-state index in [2.05, 4.69) is 9.97 Å². The summed E-state index contributed by atoms with van der Waals surface area (Å²) in [4.78, 5) is 21.7. The molecule has 104 valence electrons. The summed E-state index contributed by atoms with van der Waals surface area (Å²) in [7, 11) is 0. The molecule has 19 heavy (non-hydrogen) atoms. The van der Waals surface area contributed by atoms with Crippen LogP contribution in [0.4, 0.5) is 8.78 Å². The molecule has 2 heterocycles. The summed E-state index contributed by atoms with van der Waals surface area (Å²) in [6.45, 7) is 2.18. The van der Waals surface area contributed by atoms with Crippen molar-refractivity contribution in [1.29, 1.82) is 0 Å². The number of aryl methyl sites for hydroxylation is 1. The molecule has 2 rings (SSSR count). The summed E-state index contributed by atoms with van der Waals surface area (Å²) in [6, 6.07) is 0. The first-order valence-corrected chi connectivity index (χ1v) is 6.49. The molecule has 4 nitrogen and oxygen atoms in total. The van der Waals surface area contributed by atoms with Crippen LogP contribution in [0, 0.1) is 0 Å². The van der Waals surface area contributed by atoms with Crippen molar-refractivity contribution in [2.45, 2.75) is 38.5 Å². The van der Waals surface area contributed by atoms with Crippen LogP contribution < -0.4 is 0 Å². The van der Waals surface area contributed by atoms with E-state index in [0.29, 0.717) is 17.7 Å². The van der Waals surface area contributed by atoms with Crippen molar-refractivity contribution in [1.82, 2.24) is 14.9 Å². The summed E-state index contributed by atoms with van der Waals surface area (Å²) in [6.07, 6.45) is 3.91. The molecule has 0 atom stereocenters. The maximum atomic E-state index is 13.1. The maximum Gasteiger partial charge on any atom is 0.257 e. The second kappa shape index (κ2) is 5.59. The average Bonchev–Trinajstić information content (AvgIpc) is 2.39. The Morgan fingerprint density at radius 1 is 1.42 bits per heavy atom. The zero-order valence-corrected chi connectivity index (χ0v) is 10.9. The van der Waals surface area contributed by atoms with E-state index in [1.165, 1.54) is 17.4 Å². The van der Waals surface area contributed by atoms with Gasteiger partial charge in [-0.2, -0.15) is 0 Å². The Morgan fingerprint density at radius 2 is 2.11 bits per heavy atom. The minimum atomic E-state index is -2.64. The summed E-state index contributed by atoms with van der Waals surface area (Å²) in [5, 5.41) is 0. The first kappa shape index (κ1) is 13.8. The number of nitrogens with zero attached hydrogens (tertiary/aromatic N) is 3. The second-order valence-corrected chi connectivity index (χ2v) is 4.78. The fraction of sp³-hybridized carbons (Fsp3) is 0.615. The monoisotopic (exact) mass is 269 g/mol. The number of alkyl halides is 2. The zero-order chi connectivity index (χ0) is 13.9. The number of likely N-dealkylation sites (tertiary alicyclic amines) is 1. The smallest absolute Gasteiger partial charge is 0.257 e. The zero-order valence-electron chi connectivity index (χ0n) is 10.9. The fourth-order valence-electron chi connectivity index (χ4n) is 2.18. The van der Waals surface area contributed by atoms with Crippen LogP contribution in [0.25, 0.3) is 0 Å². The fourth-order valence-corrected chi connectivity index (χ4v) is 2.18. The lowest BCUT2D eigenvalue weighted by molar-refractivity contribution is -0.0494. The largest absolute Gasteiger partial charge is 0.338 e. The van der Waals surface area contributed by atoms with Gasteiger partial charge in [-0.25, -0.2) is 18.7 Å². The van der Waals surface area contributed by atoms with Crippen LogP contribution in [-0.2, 0) is 6.42 Å². The quantitative estimate of drug-likeness (QED) is 0.845. The van der Waals surface area contributed by atoms with Crippen molar-refractivity contribution in [2.75, 3.05) is 13.1 Å². The van der Waals surface area contributed by atoms with Crippen LogP contribution in [0.2, 0.25) is 0 Å². The Kier molecular flexibility index (Phi) is 4.07. The Bertz CT molecular complexity index is 455. The molecular weight excluding hydrogens is 252 g/mol. The van der Waals surface area contributed by atoms with E-state index >= 15 is 0 Å². The van der Waals surface area contributed by atoms with Crippen LogP contribution in [0.15, 0.2) is 12.5 Å². The Balaban J connectivity index is 2.12. The van der Waals surface area contributed by atoms with Crippen LogP contribution in [0.1, 0.15) is 42.2 Å². The van der Waals surface area contributed by atoms with Gasteiger partial charge < -0.3 is 4.90 Å². The third-order valence-corrected chi connectivity index (χ3v) is 3.29. The lowest BCUT2D eigenvalue weighted by atomic mass is 10.0. The molecule has 1 aliphatic rings. The van der Waals surface area contributed by atoms with E-state index in [0.717, 1.165) is 6.42 Å². The minimum Gasteiger partial charge on any atom is -0.338 e. The molecule has 0 radical (unpaired) electrons. The van der Waals surface area contributed by atoms with Gasteiger partial charge in [-0.3, -0.25) is 4.79 Å². The van der Waals surface area contributed by atoms with Crippen molar-refractivity contribution in [3.05, 3.63) is 23.8 Å². The van der Waals surface area contributed by atoms with Gasteiger partial charge in [0.2, 0.25) is 0 Å². The van der Waals surface area contributed by atoms with Gasteiger partial charge in [0.1, 0.15) is 6.33 Å². The third kappa shape index (κ3) is 3.24. The predicted octanol–water partition coefficient (Wildman–Crippen LogP) is 2.30. The van der Waals surface area contributed by atoms with E-state index in [9.17, 15) is 13.6 Å². The first-order chi connectivity index (χ1) is 9.03. The molecule has 1 aliphatic heterocycles. The molecule has 1 fully saturated rings. The van der Waals surface area contributed by atoms with E-state index in [-0.39, 0.29) is 31.8 Å². The Hall–Kier alpha value is -1.59. The molecule has 1 aromatic rings. The molecule has 0 bridgehead atoms. The second-order valence-electron chi connectivity index (χ2n) is 4.78. The topological polar surface area (TPSA) is 46.1 Å². The first-order valence-electron chi connectivity index (χ1n) is 6.49. The lowest BCUT2D eigenvalue weighted by Crippen LogP contribution is -2.43. The number of carbonyl (C=O) groups excluding carboxylic acids is 1. The summed E-state index contributed by atoms with van der Waals surface area (Å²) in [5.74, 6) is -2.88. The highest BCUT2D eigenvalue weighted by Gasteiger charge is 2.36. The molecule has 6 heteroatoms. The number of aromatic nitrogens is 2. The number of halogens is 2. The van der Waals surface area contributed by atoms with Crippen molar-refractivity contribution in [3.63, 3.8) is 0 Å². The van der Waals surface area contributed by atoms with Crippen molar-refractivity contribution in [2.24, 2.45) is 0 Å². The van der Waals surface area contributed by atoms with Gasteiger partial charge in [0.05, 0.1) is 11.3 Å². The Morgan fingerprint density at radius 3 is 2.74 bits per heavy atom. The van der Waals surface area contributed by atoms with Gasteiger partial charge in [0.25, 0.3) is 11.8 Å². The van der Waals surface area contributed by atoms with Gasteiger partial charge in [-0.15, -0.1) is 0 Å². The molecule has 0 aliphatic carbocycles. The molecule has 1 saturated heterocycles. The molecule has 0 saturated carbocycles. The van der Waals surface area contributed by atoms with Crippen LogP contribution in [-0.4, -0.2) is 39.8 Å². The van der Waals surface area contributed by atoms with E-state index < -0.39 is 5.92 Å². The van der Waals surface area contributed by atoms with Gasteiger partial charge in [-0.1, -0.05) is 13.3 Å². The average molecular weight is 269 g/mol. The number of hydrogen-bond acceptors (Lipinski definition) is 3. The number of hydrogen-bond donors (Lipinski definition) is 0. The summed E-state index contributed by atoms with van der Waals surface area (Å²) < 4.78 is 26.2. The molecule has 0 unspecified atom stereocenters. The van der Waals surface area contributed by atoms with Crippen LogP contribution in [0.3, 0.4) is 0 Å². The molecule has 0 spiro atoms. The number of amides is 1. The van der Waals surface area contributed by atoms with Crippen LogP contribution >= 0.6 is 0 Å². The van der Waals surface area contributed by atoms with E-state index in [1.807, 2.05) is 6.92 Å². The third-order valence-electron chi connectivity index (χ3n) is 3.29. The van der Waals surface area contributed by atoms with Crippen LogP contribution in [0.5, 0.6) is 0 Å². The van der Waals surface area contributed by atoms with Crippen molar-refractivity contribution >= 4 is 5.91 Å². The maximum absolute atomic E-state index is 13.1. The minimum absolute atomic E-state index is 0.0896. The highest BCUT2D eigenvalue weighted by Crippen LogP contribution is 2.28. The van der Waals surface area contributed by atoms with E-state index in [1.54, 1.807) is 0 Å². The Labute approximate surface area is 110 Å². The number of piperidine rings is 1. The predicted molar refractivity (Wildman–Crippen MR) is 66.1 cm³/mol. The summed E-state index contributed by atoms with van der Waals surface area (Å²) in [5.41, 5.74) is 1.13. The van der Waals surface area contributed by atoms with Gasteiger partial charge in [0, 0.05) is 32.1 Å². The highest BCUT2D eigenvalue weighted by molar-refractivity contribution is 5.95. The number of carbonyl (C=O) groups is 1. The summed E-state index contributed by atoms with van der Waals surface area (Å²) >= 11 is 0.